The van der Waals surface area contributed by atoms with Crippen LogP contribution in [0.3, 0.4) is 0 Å². The van der Waals surface area contributed by atoms with Crippen LogP contribution in [-0.4, -0.2) is 16.1 Å². The minimum absolute atomic E-state index is 0.563. The molecule has 4 heteroatoms. The van der Waals surface area contributed by atoms with Crippen LogP contribution >= 0.6 is 11.6 Å². The van der Waals surface area contributed by atoms with Gasteiger partial charge in [0.1, 0.15) is 5.82 Å². The monoisotopic (exact) mass is 271 g/mol. The molecule has 0 atom stereocenters. The van der Waals surface area contributed by atoms with Crippen molar-refractivity contribution >= 4 is 22.6 Å². The molecule has 0 saturated heterocycles. The molecule has 2 aromatic carbocycles. The summed E-state index contributed by atoms with van der Waals surface area (Å²) in [7, 11) is 0. The molecule has 0 amide bonds. The number of para-hydroxylation sites is 3. The summed E-state index contributed by atoms with van der Waals surface area (Å²) in [5, 5.41) is 0.712. The highest BCUT2D eigenvalue weighted by molar-refractivity contribution is 6.32. The van der Waals surface area contributed by atoms with E-state index >= 15 is 0 Å². The number of nitrogens with zero attached hydrogens (tertiary/aromatic N) is 2. The van der Waals surface area contributed by atoms with E-state index in [9.17, 15) is 0 Å². The summed E-state index contributed by atoms with van der Waals surface area (Å²) >= 11 is 6.31. The zero-order chi connectivity index (χ0) is 13.2. The molecule has 0 aliphatic rings. The normalized spacial score (nSPS) is 11.1. The standard InChI is InChI=1S/C15H14ClN3/c16-11-5-1-3-7-13(11)19-14-8-4-2-6-12(14)18-15(19)9-10-17/h1-8H,9-10,17H2. The molecule has 0 radical (unpaired) electrons. The van der Waals surface area contributed by atoms with Gasteiger partial charge in [0, 0.05) is 6.42 Å². The first-order valence-corrected chi connectivity index (χ1v) is 6.60. The van der Waals surface area contributed by atoms with Gasteiger partial charge in [-0.1, -0.05) is 35.9 Å². The van der Waals surface area contributed by atoms with Crippen LogP contribution < -0.4 is 5.73 Å². The molecule has 0 bridgehead atoms. The van der Waals surface area contributed by atoms with Gasteiger partial charge in [0.2, 0.25) is 0 Å². The van der Waals surface area contributed by atoms with Gasteiger partial charge in [-0.25, -0.2) is 4.98 Å². The Labute approximate surface area is 116 Å². The zero-order valence-electron chi connectivity index (χ0n) is 10.4. The van der Waals surface area contributed by atoms with Gasteiger partial charge in [0.15, 0.2) is 0 Å². The van der Waals surface area contributed by atoms with Crippen LogP contribution in [0.2, 0.25) is 5.02 Å². The van der Waals surface area contributed by atoms with Crippen molar-refractivity contribution in [2.75, 3.05) is 6.54 Å². The van der Waals surface area contributed by atoms with Gasteiger partial charge in [0.25, 0.3) is 0 Å². The fraction of sp³-hybridized carbons (Fsp3) is 0.133. The molecule has 0 saturated carbocycles. The van der Waals surface area contributed by atoms with Crippen molar-refractivity contribution in [2.45, 2.75) is 6.42 Å². The van der Waals surface area contributed by atoms with E-state index < -0.39 is 0 Å². The number of benzene rings is 2. The number of rotatable bonds is 3. The first kappa shape index (κ1) is 12.2. The van der Waals surface area contributed by atoms with E-state index in [2.05, 4.69) is 9.55 Å². The average molecular weight is 272 g/mol. The molecule has 3 rings (SSSR count). The van der Waals surface area contributed by atoms with Crippen molar-refractivity contribution in [1.29, 1.82) is 0 Å². The third-order valence-electron chi connectivity index (χ3n) is 3.09. The third-order valence-corrected chi connectivity index (χ3v) is 3.41. The predicted molar refractivity (Wildman–Crippen MR) is 78.8 cm³/mol. The van der Waals surface area contributed by atoms with E-state index in [4.69, 9.17) is 17.3 Å². The van der Waals surface area contributed by atoms with E-state index in [-0.39, 0.29) is 0 Å². The van der Waals surface area contributed by atoms with Crippen LogP contribution in [0.5, 0.6) is 0 Å². The molecule has 0 aliphatic heterocycles. The molecule has 2 N–H and O–H groups in total. The van der Waals surface area contributed by atoms with Gasteiger partial charge >= 0.3 is 0 Å². The third kappa shape index (κ3) is 2.11. The fourth-order valence-electron chi connectivity index (χ4n) is 2.27. The van der Waals surface area contributed by atoms with Crippen molar-refractivity contribution in [2.24, 2.45) is 5.73 Å². The molecule has 0 aliphatic carbocycles. The second-order valence-electron chi connectivity index (χ2n) is 4.34. The average Bonchev–Trinajstić information content (AvgIpc) is 2.78. The fourth-order valence-corrected chi connectivity index (χ4v) is 2.49. The number of aromatic nitrogens is 2. The minimum atomic E-state index is 0.563. The number of imidazole rings is 1. The largest absolute Gasteiger partial charge is 0.330 e. The molecule has 3 nitrogen and oxygen atoms in total. The van der Waals surface area contributed by atoms with Crippen molar-refractivity contribution in [1.82, 2.24) is 9.55 Å². The van der Waals surface area contributed by atoms with Gasteiger partial charge < -0.3 is 5.73 Å². The highest BCUT2D eigenvalue weighted by atomic mass is 35.5. The lowest BCUT2D eigenvalue weighted by Gasteiger charge is -2.10. The summed E-state index contributed by atoms with van der Waals surface area (Å²) in [6.45, 7) is 0.563. The zero-order valence-corrected chi connectivity index (χ0v) is 11.1. The maximum atomic E-state index is 6.31. The molecule has 0 fully saturated rings. The van der Waals surface area contributed by atoms with Crippen molar-refractivity contribution in [3.8, 4) is 5.69 Å². The number of nitrogens with two attached hydrogens (primary N) is 1. The van der Waals surface area contributed by atoms with Crippen LogP contribution in [0.1, 0.15) is 5.82 Å². The van der Waals surface area contributed by atoms with Crippen LogP contribution in [0.15, 0.2) is 48.5 Å². The summed E-state index contributed by atoms with van der Waals surface area (Å²) < 4.78 is 2.09. The second-order valence-corrected chi connectivity index (χ2v) is 4.75. The summed E-state index contributed by atoms with van der Waals surface area (Å²) in [5.74, 6) is 0.941. The molecular weight excluding hydrogens is 258 g/mol. The molecule has 3 aromatic rings. The first-order chi connectivity index (χ1) is 9.31. The highest BCUT2D eigenvalue weighted by Crippen LogP contribution is 2.26. The van der Waals surface area contributed by atoms with Crippen molar-refractivity contribution in [3.63, 3.8) is 0 Å². The molecule has 1 aromatic heterocycles. The minimum Gasteiger partial charge on any atom is -0.330 e. The van der Waals surface area contributed by atoms with E-state index in [1.165, 1.54) is 0 Å². The Kier molecular flexibility index (Phi) is 3.23. The molecule has 19 heavy (non-hydrogen) atoms. The first-order valence-electron chi connectivity index (χ1n) is 6.22. The van der Waals surface area contributed by atoms with E-state index in [1.807, 2.05) is 48.5 Å². The molecule has 96 valence electrons. The number of hydrogen-bond donors (Lipinski definition) is 1. The summed E-state index contributed by atoms with van der Waals surface area (Å²) in [4.78, 5) is 4.64. The molecule has 0 unspecified atom stereocenters. The number of fused-ring (bicyclic) bond motifs is 1. The van der Waals surface area contributed by atoms with E-state index in [1.54, 1.807) is 0 Å². The van der Waals surface area contributed by atoms with Gasteiger partial charge in [-0.2, -0.15) is 0 Å². The van der Waals surface area contributed by atoms with Gasteiger partial charge in [0.05, 0.1) is 21.7 Å². The van der Waals surface area contributed by atoms with Crippen LogP contribution in [0.25, 0.3) is 16.7 Å². The Morgan fingerprint density at radius 3 is 2.58 bits per heavy atom. The predicted octanol–water partition coefficient (Wildman–Crippen LogP) is 3.18. The molecular formula is C15H14ClN3. The van der Waals surface area contributed by atoms with Crippen LogP contribution in [-0.2, 0) is 6.42 Å². The van der Waals surface area contributed by atoms with E-state index in [0.717, 1.165) is 29.0 Å². The van der Waals surface area contributed by atoms with Gasteiger partial charge in [-0.3, -0.25) is 4.57 Å². The van der Waals surface area contributed by atoms with E-state index in [0.29, 0.717) is 11.6 Å². The second kappa shape index (κ2) is 5.03. The topological polar surface area (TPSA) is 43.8 Å². The Morgan fingerprint density at radius 2 is 1.79 bits per heavy atom. The quantitative estimate of drug-likeness (QED) is 0.795. The smallest absolute Gasteiger partial charge is 0.115 e. The Hall–Kier alpha value is -1.84. The van der Waals surface area contributed by atoms with Crippen LogP contribution in [0.4, 0.5) is 0 Å². The Morgan fingerprint density at radius 1 is 1.05 bits per heavy atom. The Balaban J connectivity index is 2.31. The molecule has 1 heterocycles. The SMILES string of the molecule is NCCc1nc2ccccc2n1-c1ccccc1Cl. The number of hydrogen-bond acceptors (Lipinski definition) is 2. The van der Waals surface area contributed by atoms with Crippen molar-refractivity contribution < 1.29 is 0 Å². The Bertz CT molecular complexity index is 718. The summed E-state index contributed by atoms with van der Waals surface area (Å²) in [6.07, 6.45) is 0.722. The lowest BCUT2D eigenvalue weighted by molar-refractivity contribution is 0.848. The van der Waals surface area contributed by atoms with Crippen molar-refractivity contribution in [3.05, 3.63) is 59.4 Å². The maximum absolute atomic E-state index is 6.31. The van der Waals surface area contributed by atoms with Crippen LogP contribution in [0, 0.1) is 0 Å². The molecule has 0 spiro atoms. The lowest BCUT2D eigenvalue weighted by Crippen LogP contribution is -2.09. The highest BCUT2D eigenvalue weighted by Gasteiger charge is 2.13. The summed E-state index contributed by atoms with van der Waals surface area (Å²) in [6, 6.07) is 15.8. The van der Waals surface area contributed by atoms with Gasteiger partial charge in [-0.15, -0.1) is 0 Å². The van der Waals surface area contributed by atoms with Gasteiger partial charge in [-0.05, 0) is 30.8 Å². The lowest BCUT2D eigenvalue weighted by atomic mass is 10.2. The summed E-state index contributed by atoms with van der Waals surface area (Å²) in [5.41, 5.74) is 8.65. The number of halogens is 1. The maximum Gasteiger partial charge on any atom is 0.115 e.